The van der Waals surface area contributed by atoms with E-state index in [4.69, 9.17) is 9.47 Å². The lowest BCUT2D eigenvalue weighted by Gasteiger charge is -2.28. The van der Waals surface area contributed by atoms with E-state index in [0.717, 1.165) is 12.1 Å². The fourth-order valence-electron chi connectivity index (χ4n) is 2.58. The average molecular weight is 424 g/mol. The Kier molecular flexibility index (Phi) is 5.61. The van der Waals surface area contributed by atoms with E-state index in [1.807, 2.05) is 0 Å². The van der Waals surface area contributed by atoms with E-state index in [1.165, 1.54) is 11.0 Å². The third kappa shape index (κ3) is 5.03. The maximum Gasteiger partial charge on any atom is 0.416 e. The minimum absolute atomic E-state index is 0.109. The third-order valence-electron chi connectivity index (χ3n) is 3.85. The molecular formula is C17H21BrF3NO3. The fourth-order valence-corrected chi connectivity index (χ4v) is 2.92. The molecule has 0 bridgehead atoms. The molecule has 0 unspecified atom stereocenters. The monoisotopic (exact) mass is 423 g/mol. The van der Waals surface area contributed by atoms with Crippen molar-refractivity contribution < 1.29 is 27.4 Å². The first-order chi connectivity index (χ1) is 11.4. The number of ether oxygens (including phenoxy) is 2. The van der Waals surface area contributed by atoms with E-state index in [9.17, 15) is 18.0 Å². The molecule has 2 rings (SSSR count). The normalized spacial score (nSPS) is 21.4. The van der Waals surface area contributed by atoms with Crippen LogP contribution in [-0.4, -0.2) is 35.3 Å². The summed E-state index contributed by atoms with van der Waals surface area (Å²) in [6.45, 7) is 7.55. The molecule has 0 saturated carbocycles. The van der Waals surface area contributed by atoms with Crippen LogP contribution < -0.4 is 4.74 Å². The third-order valence-corrected chi connectivity index (χ3v) is 4.50. The summed E-state index contributed by atoms with van der Waals surface area (Å²) < 4.78 is 50.2. The summed E-state index contributed by atoms with van der Waals surface area (Å²) in [5.41, 5.74) is -1.39. The van der Waals surface area contributed by atoms with Crippen molar-refractivity contribution in [1.29, 1.82) is 0 Å². The van der Waals surface area contributed by atoms with Crippen LogP contribution in [0.3, 0.4) is 0 Å². The van der Waals surface area contributed by atoms with Gasteiger partial charge in [-0.25, -0.2) is 4.79 Å². The van der Waals surface area contributed by atoms with Gasteiger partial charge in [-0.2, -0.15) is 13.2 Å². The maximum absolute atomic E-state index is 12.9. The molecule has 140 valence electrons. The first-order valence-corrected chi connectivity index (χ1v) is 8.71. The summed E-state index contributed by atoms with van der Waals surface area (Å²) in [5.74, 6) is 0.109. The molecule has 1 amide bonds. The molecule has 1 aromatic rings. The summed E-state index contributed by atoms with van der Waals surface area (Å²) in [6.07, 6.45) is -4.78. The zero-order chi connectivity index (χ0) is 19.0. The van der Waals surface area contributed by atoms with Gasteiger partial charge in [0, 0.05) is 13.0 Å². The van der Waals surface area contributed by atoms with Crippen molar-refractivity contribution in [1.82, 2.24) is 4.90 Å². The number of alkyl halides is 3. The maximum atomic E-state index is 12.9. The largest absolute Gasteiger partial charge is 0.487 e. The second kappa shape index (κ2) is 7.05. The first-order valence-electron chi connectivity index (χ1n) is 7.91. The van der Waals surface area contributed by atoms with Gasteiger partial charge in [0.2, 0.25) is 0 Å². The predicted octanol–water partition coefficient (Wildman–Crippen LogP) is 5.24. The lowest BCUT2D eigenvalue weighted by Crippen LogP contribution is -2.42. The van der Waals surface area contributed by atoms with E-state index in [0.29, 0.717) is 17.4 Å². The summed E-state index contributed by atoms with van der Waals surface area (Å²) in [4.78, 5) is 13.8. The van der Waals surface area contributed by atoms with Crippen molar-refractivity contribution in [2.75, 3.05) is 6.54 Å². The number of carbonyl (C=O) groups excluding carboxylic acids is 1. The van der Waals surface area contributed by atoms with Crippen molar-refractivity contribution in [2.45, 2.75) is 58.0 Å². The first kappa shape index (κ1) is 19.9. The molecule has 0 spiro atoms. The number of benzene rings is 1. The van der Waals surface area contributed by atoms with Crippen molar-refractivity contribution in [3.05, 3.63) is 28.2 Å². The van der Waals surface area contributed by atoms with Gasteiger partial charge in [0.15, 0.2) is 0 Å². The molecule has 0 aromatic heterocycles. The molecule has 1 heterocycles. The molecule has 1 aromatic carbocycles. The summed E-state index contributed by atoms with van der Waals surface area (Å²) in [5, 5.41) is 0. The Hall–Kier alpha value is -1.44. The molecule has 1 fully saturated rings. The van der Waals surface area contributed by atoms with Crippen molar-refractivity contribution >= 4 is 22.0 Å². The van der Waals surface area contributed by atoms with Crippen LogP contribution in [0.4, 0.5) is 18.0 Å². The zero-order valence-electron chi connectivity index (χ0n) is 14.5. The summed E-state index contributed by atoms with van der Waals surface area (Å²) in [7, 11) is 0. The van der Waals surface area contributed by atoms with Gasteiger partial charge in [-0.15, -0.1) is 0 Å². The van der Waals surface area contributed by atoms with Crippen molar-refractivity contribution in [3.8, 4) is 5.75 Å². The van der Waals surface area contributed by atoms with Gasteiger partial charge in [0.1, 0.15) is 17.5 Å². The van der Waals surface area contributed by atoms with Crippen LogP contribution in [-0.2, 0) is 10.9 Å². The predicted molar refractivity (Wildman–Crippen MR) is 90.6 cm³/mol. The van der Waals surface area contributed by atoms with Gasteiger partial charge in [-0.1, -0.05) is 0 Å². The molecule has 25 heavy (non-hydrogen) atoms. The zero-order valence-corrected chi connectivity index (χ0v) is 16.1. The van der Waals surface area contributed by atoms with Crippen LogP contribution in [0.15, 0.2) is 22.7 Å². The molecule has 1 aliphatic rings. The number of amides is 1. The number of hydrogen-bond donors (Lipinski definition) is 0. The van der Waals surface area contributed by atoms with Gasteiger partial charge >= 0.3 is 12.3 Å². The van der Waals surface area contributed by atoms with E-state index < -0.39 is 29.5 Å². The SMILES string of the molecule is C[C@@H]1[C@@H](Oc2cc(C(F)(F)F)ccc2Br)CCN1C(=O)OC(C)(C)C. The van der Waals surface area contributed by atoms with Gasteiger partial charge in [-0.3, -0.25) is 0 Å². The van der Waals surface area contributed by atoms with Crippen LogP contribution >= 0.6 is 15.9 Å². The number of nitrogens with zero attached hydrogens (tertiary/aromatic N) is 1. The second-order valence-electron chi connectivity index (χ2n) is 7.00. The topological polar surface area (TPSA) is 38.8 Å². The summed E-state index contributed by atoms with van der Waals surface area (Å²) >= 11 is 3.21. The van der Waals surface area contributed by atoms with Gasteiger partial charge in [0.25, 0.3) is 0 Å². The van der Waals surface area contributed by atoms with Crippen LogP contribution in [0.25, 0.3) is 0 Å². The van der Waals surface area contributed by atoms with Crippen LogP contribution in [0.2, 0.25) is 0 Å². The number of carbonyl (C=O) groups is 1. The Morgan fingerprint density at radius 2 is 1.92 bits per heavy atom. The minimum Gasteiger partial charge on any atom is -0.487 e. The minimum atomic E-state index is -4.44. The van der Waals surface area contributed by atoms with E-state index in [-0.39, 0.29) is 11.8 Å². The number of halogens is 4. The van der Waals surface area contributed by atoms with E-state index >= 15 is 0 Å². The van der Waals surface area contributed by atoms with Crippen molar-refractivity contribution in [2.24, 2.45) is 0 Å². The highest BCUT2D eigenvalue weighted by Gasteiger charge is 2.38. The number of rotatable bonds is 2. The fraction of sp³-hybridized carbons (Fsp3) is 0.588. The molecule has 1 aliphatic heterocycles. The number of hydrogen-bond acceptors (Lipinski definition) is 3. The Morgan fingerprint density at radius 1 is 1.28 bits per heavy atom. The van der Waals surface area contributed by atoms with Crippen LogP contribution in [0, 0.1) is 0 Å². The van der Waals surface area contributed by atoms with Crippen LogP contribution in [0.1, 0.15) is 39.7 Å². The molecule has 0 N–H and O–H groups in total. The Bertz CT molecular complexity index is 643. The highest BCUT2D eigenvalue weighted by molar-refractivity contribution is 9.10. The lowest BCUT2D eigenvalue weighted by molar-refractivity contribution is -0.137. The van der Waals surface area contributed by atoms with Gasteiger partial charge < -0.3 is 14.4 Å². The molecule has 8 heteroatoms. The standard InChI is InChI=1S/C17H21BrF3NO3/c1-10-13(7-8-22(10)15(23)25-16(2,3)4)24-14-9-11(17(19,20)21)5-6-12(14)18/h5-6,9-10,13H,7-8H2,1-4H3/t10-,13+/m1/s1. The van der Waals surface area contributed by atoms with E-state index in [1.54, 1.807) is 27.7 Å². The van der Waals surface area contributed by atoms with E-state index in [2.05, 4.69) is 15.9 Å². The molecular weight excluding hydrogens is 403 g/mol. The second-order valence-corrected chi connectivity index (χ2v) is 7.86. The Balaban J connectivity index is 2.11. The highest BCUT2D eigenvalue weighted by Crippen LogP contribution is 2.36. The lowest BCUT2D eigenvalue weighted by atomic mass is 10.1. The molecule has 4 nitrogen and oxygen atoms in total. The average Bonchev–Trinajstić information content (AvgIpc) is 2.79. The van der Waals surface area contributed by atoms with Crippen LogP contribution in [0.5, 0.6) is 5.75 Å². The molecule has 1 saturated heterocycles. The Labute approximate surface area is 153 Å². The Morgan fingerprint density at radius 3 is 2.48 bits per heavy atom. The molecule has 0 aliphatic carbocycles. The van der Waals surface area contributed by atoms with Gasteiger partial charge in [-0.05, 0) is 61.8 Å². The number of likely N-dealkylation sites (tertiary alicyclic amines) is 1. The van der Waals surface area contributed by atoms with Gasteiger partial charge in [0.05, 0.1) is 16.1 Å². The van der Waals surface area contributed by atoms with Crippen molar-refractivity contribution in [3.63, 3.8) is 0 Å². The quantitative estimate of drug-likeness (QED) is 0.652. The molecule has 2 atom stereocenters. The highest BCUT2D eigenvalue weighted by atomic mass is 79.9. The summed E-state index contributed by atoms with van der Waals surface area (Å²) in [6, 6.07) is 2.95. The molecule has 0 radical (unpaired) electrons. The smallest absolute Gasteiger partial charge is 0.416 e.